The minimum Gasteiger partial charge on any atom is -0.398 e. The first kappa shape index (κ1) is 15.0. The fourth-order valence-electron chi connectivity index (χ4n) is 1.88. The van der Waals surface area contributed by atoms with E-state index >= 15 is 0 Å². The number of nitriles is 1. The second kappa shape index (κ2) is 5.94. The zero-order chi connectivity index (χ0) is 15.6. The van der Waals surface area contributed by atoms with E-state index in [2.05, 4.69) is 0 Å². The molecule has 2 aromatic rings. The van der Waals surface area contributed by atoms with E-state index in [0.717, 1.165) is 4.88 Å². The molecule has 6 heteroatoms. The lowest BCUT2D eigenvalue weighted by Gasteiger charge is -2.16. The Morgan fingerprint density at radius 1 is 1.48 bits per heavy atom. The van der Waals surface area contributed by atoms with Gasteiger partial charge in [-0.2, -0.15) is 5.26 Å². The summed E-state index contributed by atoms with van der Waals surface area (Å²) in [5, 5.41) is 8.84. The van der Waals surface area contributed by atoms with E-state index in [0.29, 0.717) is 21.7 Å². The lowest BCUT2D eigenvalue weighted by molar-refractivity contribution is 0.0788. The third-order valence-corrected chi connectivity index (χ3v) is 4.15. The van der Waals surface area contributed by atoms with Crippen LogP contribution in [-0.4, -0.2) is 17.9 Å². The Morgan fingerprint density at radius 2 is 2.19 bits per heavy atom. The van der Waals surface area contributed by atoms with Gasteiger partial charge in [0.1, 0.15) is 5.82 Å². The predicted octanol–water partition coefficient (Wildman–Crippen LogP) is 2.92. The van der Waals surface area contributed by atoms with E-state index in [1.165, 1.54) is 34.4 Å². The van der Waals surface area contributed by atoms with Gasteiger partial charge in [-0.15, -0.1) is 11.3 Å². The van der Waals surface area contributed by atoms with Gasteiger partial charge in [0.25, 0.3) is 5.91 Å². The summed E-state index contributed by atoms with van der Waals surface area (Å²) in [5.74, 6) is -0.655. The molecule has 1 aromatic carbocycles. The molecular weight excluding hydrogens is 289 g/mol. The Bertz CT molecular complexity index is 714. The zero-order valence-corrected chi connectivity index (χ0v) is 12.5. The van der Waals surface area contributed by atoms with Crippen LogP contribution in [0.5, 0.6) is 0 Å². The number of benzene rings is 1. The van der Waals surface area contributed by atoms with Gasteiger partial charge in [-0.3, -0.25) is 4.79 Å². The van der Waals surface area contributed by atoms with Gasteiger partial charge in [-0.1, -0.05) is 0 Å². The highest BCUT2D eigenvalue weighted by atomic mass is 32.1. The number of amides is 1. The van der Waals surface area contributed by atoms with Crippen LogP contribution in [0.25, 0.3) is 0 Å². The smallest absolute Gasteiger partial charge is 0.264 e. The SMILES string of the molecule is Cc1sc(C(=O)N(C)Cc2cc(C#N)ccc2F)cc1N. The molecule has 1 heterocycles. The Hall–Kier alpha value is -2.39. The second-order valence-electron chi connectivity index (χ2n) is 4.70. The molecule has 0 bridgehead atoms. The van der Waals surface area contributed by atoms with E-state index in [-0.39, 0.29) is 12.5 Å². The summed E-state index contributed by atoms with van der Waals surface area (Å²) in [6.45, 7) is 1.93. The topological polar surface area (TPSA) is 70.1 Å². The van der Waals surface area contributed by atoms with E-state index in [1.54, 1.807) is 13.1 Å². The molecule has 108 valence electrons. The second-order valence-corrected chi connectivity index (χ2v) is 5.96. The van der Waals surface area contributed by atoms with Crippen molar-refractivity contribution in [2.24, 2.45) is 0 Å². The lowest BCUT2D eigenvalue weighted by Crippen LogP contribution is -2.26. The number of nitrogens with two attached hydrogens (primary N) is 1. The molecule has 0 radical (unpaired) electrons. The molecule has 4 nitrogen and oxygen atoms in total. The molecule has 1 amide bonds. The maximum atomic E-state index is 13.7. The van der Waals surface area contributed by atoms with Crippen molar-refractivity contribution >= 4 is 22.9 Å². The zero-order valence-electron chi connectivity index (χ0n) is 11.7. The summed E-state index contributed by atoms with van der Waals surface area (Å²) in [6.07, 6.45) is 0. The number of halogens is 1. The molecule has 0 spiro atoms. The highest BCUT2D eigenvalue weighted by Crippen LogP contribution is 2.25. The average molecular weight is 303 g/mol. The van der Waals surface area contributed by atoms with Crippen LogP contribution >= 0.6 is 11.3 Å². The molecule has 0 aliphatic rings. The highest BCUT2D eigenvalue weighted by molar-refractivity contribution is 7.14. The number of aryl methyl sites for hydroxylation is 1. The van der Waals surface area contributed by atoms with Crippen molar-refractivity contribution in [2.75, 3.05) is 12.8 Å². The quantitative estimate of drug-likeness (QED) is 0.947. The van der Waals surface area contributed by atoms with Crippen molar-refractivity contribution in [2.45, 2.75) is 13.5 Å². The van der Waals surface area contributed by atoms with Crippen LogP contribution in [0.1, 0.15) is 25.7 Å². The van der Waals surface area contributed by atoms with Crippen LogP contribution in [0, 0.1) is 24.1 Å². The summed E-state index contributed by atoms with van der Waals surface area (Å²) in [6, 6.07) is 7.67. The summed E-state index contributed by atoms with van der Waals surface area (Å²) >= 11 is 1.31. The van der Waals surface area contributed by atoms with Crippen LogP contribution in [0.2, 0.25) is 0 Å². The minimum atomic E-state index is -0.435. The van der Waals surface area contributed by atoms with Crippen LogP contribution < -0.4 is 5.73 Å². The molecule has 0 aliphatic heterocycles. The van der Waals surface area contributed by atoms with Gasteiger partial charge >= 0.3 is 0 Å². The number of carbonyl (C=O) groups is 1. The molecule has 0 saturated heterocycles. The van der Waals surface area contributed by atoms with Crippen LogP contribution in [0.3, 0.4) is 0 Å². The molecule has 2 N–H and O–H groups in total. The average Bonchev–Trinajstić information content (AvgIpc) is 2.80. The van der Waals surface area contributed by atoms with E-state index < -0.39 is 5.82 Å². The lowest BCUT2D eigenvalue weighted by atomic mass is 10.1. The molecule has 1 aromatic heterocycles. The number of carbonyl (C=O) groups excluding carboxylic acids is 1. The number of thiophene rings is 1. The number of hydrogen-bond donors (Lipinski definition) is 1. The molecule has 21 heavy (non-hydrogen) atoms. The fourth-order valence-corrected chi connectivity index (χ4v) is 2.82. The Balaban J connectivity index is 2.20. The number of nitrogen functional groups attached to an aromatic ring is 1. The van der Waals surface area contributed by atoms with Crippen molar-refractivity contribution in [3.63, 3.8) is 0 Å². The van der Waals surface area contributed by atoms with Crippen molar-refractivity contribution < 1.29 is 9.18 Å². The van der Waals surface area contributed by atoms with Crippen LogP contribution in [-0.2, 0) is 6.54 Å². The fraction of sp³-hybridized carbons (Fsp3) is 0.200. The molecule has 0 fully saturated rings. The van der Waals surface area contributed by atoms with E-state index in [1.807, 2.05) is 13.0 Å². The maximum Gasteiger partial charge on any atom is 0.264 e. The van der Waals surface area contributed by atoms with Crippen LogP contribution in [0.15, 0.2) is 24.3 Å². The Morgan fingerprint density at radius 3 is 2.76 bits per heavy atom. The third-order valence-electron chi connectivity index (χ3n) is 3.10. The first-order chi connectivity index (χ1) is 9.92. The summed E-state index contributed by atoms with van der Waals surface area (Å²) in [7, 11) is 1.59. The molecule has 0 atom stereocenters. The Kier molecular flexibility index (Phi) is 4.24. The molecule has 0 saturated carbocycles. The molecule has 0 unspecified atom stereocenters. The summed E-state index contributed by atoms with van der Waals surface area (Å²) < 4.78 is 13.7. The summed E-state index contributed by atoms with van der Waals surface area (Å²) in [4.78, 5) is 15.1. The van der Waals surface area contributed by atoms with Gasteiger partial charge in [-0.25, -0.2) is 4.39 Å². The number of hydrogen-bond acceptors (Lipinski definition) is 4. The molecule has 2 rings (SSSR count). The standard InChI is InChI=1S/C15H14FN3OS/c1-9-13(18)6-14(21-9)15(20)19(2)8-11-5-10(7-17)3-4-12(11)16/h3-6H,8,18H2,1-2H3. The predicted molar refractivity (Wildman–Crippen MR) is 80.4 cm³/mol. The molecule has 0 aliphatic carbocycles. The van der Waals surface area contributed by atoms with Gasteiger partial charge in [-0.05, 0) is 31.2 Å². The van der Waals surface area contributed by atoms with E-state index in [4.69, 9.17) is 11.0 Å². The van der Waals surface area contributed by atoms with Gasteiger partial charge < -0.3 is 10.6 Å². The van der Waals surface area contributed by atoms with E-state index in [9.17, 15) is 9.18 Å². The largest absolute Gasteiger partial charge is 0.398 e. The van der Waals surface area contributed by atoms with Crippen LogP contribution in [0.4, 0.5) is 10.1 Å². The van der Waals surface area contributed by atoms with Gasteiger partial charge in [0.2, 0.25) is 0 Å². The van der Waals surface area contributed by atoms with Gasteiger partial charge in [0.05, 0.1) is 16.5 Å². The first-order valence-electron chi connectivity index (χ1n) is 6.22. The van der Waals surface area contributed by atoms with Crippen molar-refractivity contribution in [3.05, 3.63) is 51.0 Å². The first-order valence-corrected chi connectivity index (χ1v) is 7.04. The number of rotatable bonds is 3. The Labute approximate surface area is 126 Å². The number of anilines is 1. The van der Waals surface area contributed by atoms with Gasteiger partial charge in [0.15, 0.2) is 0 Å². The van der Waals surface area contributed by atoms with Crippen molar-refractivity contribution in [1.29, 1.82) is 5.26 Å². The van der Waals surface area contributed by atoms with Crippen molar-refractivity contribution in [3.8, 4) is 6.07 Å². The maximum absolute atomic E-state index is 13.7. The highest BCUT2D eigenvalue weighted by Gasteiger charge is 2.17. The van der Waals surface area contributed by atoms with Crippen molar-refractivity contribution in [1.82, 2.24) is 4.90 Å². The summed E-state index contributed by atoms with van der Waals surface area (Å²) in [5.41, 5.74) is 6.99. The number of nitrogens with zero attached hydrogens (tertiary/aromatic N) is 2. The van der Waals surface area contributed by atoms with Gasteiger partial charge in [0, 0.05) is 29.7 Å². The molecular formula is C15H14FN3OS. The normalized spacial score (nSPS) is 10.2. The minimum absolute atomic E-state index is 0.0943. The third kappa shape index (κ3) is 3.20. The monoisotopic (exact) mass is 303 g/mol.